The zero-order valence-electron chi connectivity index (χ0n) is 10.4. The van der Waals surface area contributed by atoms with Gasteiger partial charge in [-0.25, -0.2) is 0 Å². The molecule has 0 aromatic carbocycles. The average molecular weight is 285 g/mol. The molecule has 2 saturated heterocycles. The fourth-order valence-corrected chi connectivity index (χ4v) is 4.17. The summed E-state index contributed by atoms with van der Waals surface area (Å²) >= 11 is 7.57. The van der Waals surface area contributed by atoms with Gasteiger partial charge in [0.1, 0.15) is 0 Å². The number of thiophene rings is 1. The molecule has 2 aliphatic rings. The van der Waals surface area contributed by atoms with Crippen LogP contribution in [-0.4, -0.2) is 29.4 Å². The molecule has 3 nitrogen and oxygen atoms in total. The number of hydrogen-bond acceptors (Lipinski definition) is 3. The van der Waals surface area contributed by atoms with Crippen LogP contribution >= 0.6 is 22.9 Å². The molecule has 0 saturated carbocycles. The Kier molecular flexibility index (Phi) is 3.34. The molecule has 1 N–H and O–H groups in total. The van der Waals surface area contributed by atoms with Crippen molar-refractivity contribution in [2.75, 3.05) is 6.54 Å². The van der Waals surface area contributed by atoms with Crippen molar-refractivity contribution in [2.24, 2.45) is 0 Å². The molecule has 1 aromatic heterocycles. The molecule has 1 aromatic rings. The molecular weight excluding hydrogens is 268 g/mol. The van der Waals surface area contributed by atoms with Crippen molar-refractivity contribution in [3.63, 3.8) is 0 Å². The van der Waals surface area contributed by atoms with Crippen LogP contribution in [0.15, 0.2) is 12.1 Å². The van der Waals surface area contributed by atoms with E-state index in [1.807, 2.05) is 11.0 Å². The summed E-state index contributed by atoms with van der Waals surface area (Å²) < 4.78 is 0.823. The number of nitrogens with zero attached hydrogens (tertiary/aromatic N) is 1. The zero-order chi connectivity index (χ0) is 12.7. The Morgan fingerprint density at radius 1 is 1.56 bits per heavy atom. The van der Waals surface area contributed by atoms with Crippen LogP contribution in [0.1, 0.15) is 37.1 Å². The summed E-state index contributed by atoms with van der Waals surface area (Å²) in [7, 11) is 0. The molecule has 3 heterocycles. The highest BCUT2D eigenvalue weighted by molar-refractivity contribution is 7.16. The Bertz CT molecular complexity index is 462. The Morgan fingerprint density at radius 3 is 3.11 bits per heavy atom. The highest BCUT2D eigenvalue weighted by atomic mass is 35.5. The van der Waals surface area contributed by atoms with Gasteiger partial charge in [-0.15, -0.1) is 11.3 Å². The minimum Gasteiger partial charge on any atom is -0.338 e. The molecule has 0 spiro atoms. The van der Waals surface area contributed by atoms with Crippen LogP contribution < -0.4 is 5.32 Å². The molecule has 0 aliphatic carbocycles. The molecule has 0 bridgehead atoms. The van der Waals surface area contributed by atoms with Gasteiger partial charge in [-0.2, -0.15) is 0 Å². The van der Waals surface area contributed by atoms with Gasteiger partial charge in [0.15, 0.2) is 0 Å². The molecule has 3 unspecified atom stereocenters. The van der Waals surface area contributed by atoms with Gasteiger partial charge in [0.25, 0.3) is 0 Å². The minimum absolute atomic E-state index is 0.265. The monoisotopic (exact) mass is 284 g/mol. The molecule has 5 heteroatoms. The summed E-state index contributed by atoms with van der Waals surface area (Å²) in [5.41, 5.74) is 0. The van der Waals surface area contributed by atoms with Crippen LogP contribution in [0, 0.1) is 0 Å². The highest BCUT2D eigenvalue weighted by Crippen LogP contribution is 2.32. The number of nitrogens with one attached hydrogen (secondary N) is 1. The standard InChI is InChI=1S/C13H17ClN2OS/c1-8(11-4-5-12(14)18-11)15-9-7-13(17)16-6-2-3-10(9)16/h4-5,8-10,15H,2-3,6-7H2,1H3. The van der Waals surface area contributed by atoms with E-state index in [1.165, 1.54) is 4.88 Å². The lowest BCUT2D eigenvalue weighted by Crippen LogP contribution is -2.40. The van der Waals surface area contributed by atoms with E-state index in [9.17, 15) is 4.79 Å². The summed E-state index contributed by atoms with van der Waals surface area (Å²) in [6.07, 6.45) is 2.93. The van der Waals surface area contributed by atoms with Crippen molar-refractivity contribution in [3.8, 4) is 0 Å². The minimum atomic E-state index is 0.265. The fourth-order valence-electron chi connectivity index (χ4n) is 3.10. The van der Waals surface area contributed by atoms with Crippen LogP contribution in [0.25, 0.3) is 0 Å². The molecule has 3 rings (SSSR count). The lowest BCUT2D eigenvalue weighted by atomic mass is 10.1. The van der Waals surface area contributed by atoms with Crippen molar-refractivity contribution in [3.05, 3.63) is 21.3 Å². The van der Waals surface area contributed by atoms with E-state index < -0.39 is 0 Å². The third kappa shape index (κ3) is 2.17. The van der Waals surface area contributed by atoms with Crippen LogP contribution in [0.4, 0.5) is 0 Å². The van der Waals surface area contributed by atoms with Gasteiger partial charge in [0, 0.05) is 36.0 Å². The first-order valence-corrected chi connectivity index (χ1v) is 7.65. The number of carbonyl (C=O) groups excluding carboxylic acids is 1. The van der Waals surface area contributed by atoms with Crippen LogP contribution in [0.3, 0.4) is 0 Å². The predicted molar refractivity (Wildman–Crippen MR) is 74.0 cm³/mol. The van der Waals surface area contributed by atoms with Crippen LogP contribution in [0.2, 0.25) is 4.34 Å². The second-order valence-corrected chi connectivity index (χ2v) is 6.88. The van der Waals surface area contributed by atoms with Gasteiger partial charge in [0.2, 0.25) is 5.91 Å². The van der Waals surface area contributed by atoms with E-state index in [-0.39, 0.29) is 6.04 Å². The topological polar surface area (TPSA) is 32.3 Å². The Balaban J connectivity index is 1.68. The van der Waals surface area contributed by atoms with Gasteiger partial charge in [-0.1, -0.05) is 11.6 Å². The van der Waals surface area contributed by atoms with Gasteiger partial charge in [-0.3, -0.25) is 4.79 Å². The van der Waals surface area contributed by atoms with Crippen LogP contribution in [-0.2, 0) is 4.79 Å². The van der Waals surface area contributed by atoms with Crippen molar-refractivity contribution >= 4 is 28.8 Å². The summed E-state index contributed by atoms with van der Waals surface area (Å²) in [5, 5.41) is 3.60. The third-order valence-corrected chi connectivity index (χ3v) is 5.38. The number of fused-ring (bicyclic) bond motifs is 1. The number of amides is 1. The van der Waals surface area contributed by atoms with Gasteiger partial charge < -0.3 is 10.2 Å². The smallest absolute Gasteiger partial charge is 0.224 e. The maximum atomic E-state index is 11.9. The van der Waals surface area contributed by atoms with Crippen LogP contribution in [0.5, 0.6) is 0 Å². The van der Waals surface area contributed by atoms with Gasteiger partial charge >= 0.3 is 0 Å². The molecular formula is C13H17ClN2OS. The molecule has 18 heavy (non-hydrogen) atoms. The van der Waals surface area contributed by atoms with Gasteiger partial charge in [-0.05, 0) is 31.9 Å². The first kappa shape index (κ1) is 12.5. The lowest BCUT2D eigenvalue weighted by Gasteiger charge is -2.24. The summed E-state index contributed by atoms with van der Waals surface area (Å²) in [6, 6.07) is 4.97. The van der Waals surface area contributed by atoms with E-state index in [0.29, 0.717) is 24.4 Å². The Hall–Kier alpha value is -0.580. The number of carbonyl (C=O) groups is 1. The summed E-state index contributed by atoms with van der Waals surface area (Å²) in [5.74, 6) is 0.311. The summed E-state index contributed by atoms with van der Waals surface area (Å²) in [4.78, 5) is 15.1. The Labute approximate surface area is 116 Å². The van der Waals surface area contributed by atoms with Crippen molar-refractivity contribution < 1.29 is 4.79 Å². The number of hydrogen-bond donors (Lipinski definition) is 1. The van der Waals surface area contributed by atoms with E-state index in [1.54, 1.807) is 11.3 Å². The van der Waals surface area contributed by atoms with Crippen molar-refractivity contribution in [2.45, 2.75) is 44.3 Å². The normalized spacial score (nSPS) is 28.8. The van der Waals surface area contributed by atoms with E-state index >= 15 is 0 Å². The maximum absolute atomic E-state index is 11.9. The molecule has 2 fully saturated rings. The largest absolute Gasteiger partial charge is 0.338 e. The molecule has 2 aliphatic heterocycles. The summed E-state index contributed by atoms with van der Waals surface area (Å²) in [6.45, 7) is 3.09. The molecule has 98 valence electrons. The second kappa shape index (κ2) is 4.83. The molecule has 1 amide bonds. The highest BCUT2D eigenvalue weighted by Gasteiger charge is 2.42. The fraction of sp³-hybridized carbons (Fsp3) is 0.615. The zero-order valence-corrected chi connectivity index (χ0v) is 11.9. The SMILES string of the molecule is CC(NC1CC(=O)N2CCCC12)c1ccc(Cl)s1. The second-order valence-electron chi connectivity index (χ2n) is 5.14. The number of rotatable bonds is 3. The third-order valence-electron chi connectivity index (χ3n) is 3.96. The predicted octanol–water partition coefficient (Wildman–Crippen LogP) is 2.82. The quantitative estimate of drug-likeness (QED) is 0.926. The lowest BCUT2D eigenvalue weighted by molar-refractivity contribution is -0.127. The molecule has 0 radical (unpaired) electrons. The van der Waals surface area contributed by atoms with Crippen molar-refractivity contribution in [1.82, 2.24) is 10.2 Å². The number of halogens is 1. The van der Waals surface area contributed by atoms with E-state index in [4.69, 9.17) is 11.6 Å². The van der Waals surface area contributed by atoms with Gasteiger partial charge in [0.05, 0.1) is 4.34 Å². The van der Waals surface area contributed by atoms with E-state index in [2.05, 4.69) is 18.3 Å². The first-order valence-electron chi connectivity index (χ1n) is 6.46. The van der Waals surface area contributed by atoms with E-state index in [0.717, 1.165) is 23.7 Å². The van der Waals surface area contributed by atoms with Crippen molar-refractivity contribution in [1.29, 1.82) is 0 Å². The maximum Gasteiger partial charge on any atom is 0.224 e. The Morgan fingerprint density at radius 2 is 2.39 bits per heavy atom. The first-order chi connectivity index (χ1) is 8.65. The average Bonchev–Trinajstić information content (AvgIpc) is 2.99. The molecule has 3 atom stereocenters.